The van der Waals surface area contributed by atoms with Crippen LogP contribution < -0.4 is 10.2 Å². The van der Waals surface area contributed by atoms with Gasteiger partial charge in [-0.15, -0.1) is 0 Å². The normalized spacial score (nSPS) is 11.7. The molecule has 3 nitrogen and oxygen atoms in total. The quantitative estimate of drug-likeness (QED) is 0.685. The van der Waals surface area contributed by atoms with E-state index in [1.807, 2.05) is 0 Å². The van der Waals surface area contributed by atoms with Crippen molar-refractivity contribution in [2.75, 3.05) is 6.61 Å². The van der Waals surface area contributed by atoms with Crippen LogP contribution in [0.3, 0.4) is 0 Å². The molecule has 0 aliphatic carbocycles. The summed E-state index contributed by atoms with van der Waals surface area (Å²) in [6, 6.07) is 11.3. The minimum atomic E-state index is -4.60. The van der Waals surface area contributed by atoms with E-state index in [4.69, 9.17) is 9.15 Å². The molecule has 24 heavy (non-hydrogen) atoms. The van der Waals surface area contributed by atoms with E-state index in [0.29, 0.717) is 0 Å². The van der Waals surface area contributed by atoms with Crippen LogP contribution >= 0.6 is 0 Å². The van der Waals surface area contributed by atoms with Gasteiger partial charge in [-0.3, -0.25) is 4.79 Å². The Morgan fingerprint density at radius 2 is 1.71 bits per heavy atom. The summed E-state index contributed by atoms with van der Waals surface area (Å²) in [5.41, 5.74) is -1.68. The smallest absolute Gasteiger partial charge is 0.417 e. The minimum Gasteiger partial charge on any atom is -0.465 e. The van der Waals surface area contributed by atoms with E-state index in [0.717, 1.165) is 6.07 Å². The molecule has 6 heteroatoms. The van der Waals surface area contributed by atoms with Crippen LogP contribution in [0.1, 0.15) is 12.5 Å². The van der Waals surface area contributed by atoms with Gasteiger partial charge in [-0.1, -0.05) is 30.3 Å². The third-order valence-electron chi connectivity index (χ3n) is 3.54. The maximum atomic E-state index is 13.3. The molecule has 1 aromatic heterocycles. The van der Waals surface area contributed by atoms with Gasteiger partial charge in [-0.2, -0.15) is 13.2 Å². The average Bonchev–Trinajstić information content (AvgIpc) is 2.55. The number of hydrogen-bond donors (Lipinski definition) is 0. The van der Waals surface area contributed by atoms with Crippen LogP contribution in [-0.2, 0) is 6.18 Å². The monoisotopic (exact) mass is 334 g/mol. The highest BCUT2D eigenvalue weighted by molar-refractivity contribution is 5.84. The summed E-state index contributed by atoms with van der Waals surface area (Å²) in [5, 5.41) is 0.202. The van der Waals surface area contributed by atoms with Gasteiger partial charge in [-0.05, 0) is 25.1 Å². The molecule has 3 rings (SSSR count). The Morgan fingerprint density at radius 3 is 2.42 bits per heavy atom. The Labute approximate surface area is 135 Å². The predicted octanol–water partition coefficient (Wildman–Crippen LogP) is 4.88. The third-order valence-corrected chi connectivity index (χ3v) is 3.54. The van der Waals surface area contributed by atoms with E-state index in [1.54, 1.807) is 25.1 Å². The Hall–Kier alpha value is -2.76. The fourth-order valence-corrected chi connectivity index (χ4v) is 2.53. The maximum absolute atomic E-state index is 13.3. The lowest BCUT2D eigenvalue weighted by atomic mass is 9.99. The molecule has 3 aromatic rings. The summed E-state index contributed by atoms with van der Waals surface area (Å²) in [6.45, 7) is 1.82. The molecule has 124 valence electrons. The number of alkyl halides is 3. The Kier molecular flexibility index (Phi) is 4.05. The molecule has 0 spiro atoms. The lowest BCUT2D eigenvalue weighted by Crippen LogP contribution is -2.13. The second-order valence-corrected chi connectivity index (χ2v) is 5.07. The fraction of sp³-hybridized carbons (Fsp3) is 0.167. The van der Waals surface area contributed by atoms with Gasteiger partial charge >= 0.3 is 6.18 Å². The molecule has 0 fully saturated rings. The van der Waals surface area contributed by atoms with Crippen LogP contribution in [0.25, 0.3) is 22.1 Å². The van der Waals surface area contributed by atoms with Crippen molar-refractivity contribution in [3.8, 4) is 17.1 Å². The Morgan fingerprint density at radius 1 is 1.04 bits per heavy atom. The van der Waals surface area contributed by atoms with E-state index in [9.17, 15) is 18.0 Å². The number of ether oxygens (including phenoxy) is 1. The number of fused-ring (bicyclic) bond motifs is 1. The van der Waals surface area contributed by atoms with Gasteiger partial charge in [0, 0.05) is 5.56 Å². The van der Waals surface area contributed by atoms with Gasteiger partial charge < -0.3 is 9.15 Å². The summed E-state index contributed by atoms with van der Waals surface area (Å²) in [5.74, 6) is -0.210. The molecule has 2 aromatic carbocycles. The second-order valence-electron chi connectivity index (χ2n) is 5.07. The van der Waals surface area contributed by atoms with Crippen molar-refractivity contribution in [3.63, 3.8) is 0 Å². The molecule has 0 aliphatic rings. The van der Waals surface area contributed by atoms with Crippen molar-refractivity contribution in [2.45, 2.75) is 13.1 Å². The predicted molar refractivity (Wildman–Crippen MR) is 84.1 cm³/mol. The molecule has 0 aliphatic heterocycles. The fourth-order valence-electron chi connectivity index (χ4n) is 2.53. The van der Waals surface area contributed by atoms with Gasteiger partial charge in [0.05, 0.1) is 17.6 Å². The highest BCUT2D eigenvalue weighted by atomic mass is 19.4. The number of hydrogen-bond acceptors (Lipinski definition) is 3. The number of benzene rings is 2. The first-order chi connectivity index (χ1) is 11.4. The van der Waals surface area contributed by atoms with Crippen molar-refractivity contribution >= 4 is 11.0 Å². The van der Waals surface area contributed by atoms with Crippen LogP contribution in [0.15, 0.2) is 57.7 Å². The molecular weight excluding hydrogens is 321 g/mol. The van der Waals surface area contributed by atoms with Crippen LogP contribution in [-0.4, -0.2) is 6.61 Å². The van der Waals surface area contributed by atoms with Crippen molar-refractivity contribution < 1.29 is 22.3 Å². The van der Waals surface area contributed by atoms with Gasteiger partial charge in [0.15, 0.2) is 0 Å². The molecule has 0 radical (unpaired) electrons. The lowest BCUT2D eigenvalue weighted by Gasteiger charge is -2.15. The molecule has 0 saturated heterocycles. The third kappa shape index (κ3) is 2.75. The van der Waals surface area contributed by atoms with Crippen LogP contribution in [0, 0.1) is 0 Å². The minimum absolute atomic E-state index is 0.155. The standard InChI is InChI=1S/C18H13F3O3/c1-2-23-17-15(11-7-3-5-9-13(11)18(19,20)21)16(22)12-8-4-6-10-14(12)24-17/h3-10H,2H2,1H3. The van der Waals surface area contributed by atoms with Gasteiger partial charge in [0.2, 0.25) is 5.43 Å². The molecule has 1 heterocycles. The summed E-state index contributed by atoms with van der Waals surface area (Å²) in [4.78, 5) is 12.8. The van der Waals surface area contributed by atoms with Gasteiger partial charge in [0.1, 0.15) is 11.1 Å². The van der Waals surface area contributed by atoms with Crippen LogP contribution in [0.4, 0.5) is 13.2 Å². The molecule has 0 atom stereocenters. The first-order valence-corrected chi connectivity index (χ1v) is 7.28. The zero-order chi connectivity index (χ0) is 17.3. The van der Waals surface area contributed by atoms with Crippen molar-refractivity contribution in [1.82, 2.24) is 0 Å². The number of rotatable bonds is 3. The van der Waals surface area contributed by atoms with Gasteiger partial charge in [0.25, 0.3) is 5.95 Å². The SMILES string of the molecule is CCOc1oc2ccccc2c(=O)c1-c1ccccc1C(F)(F)F. The topological polar surface area (TPSA) is 39.4 Å². The van der Waals surface area contributed by atoms with E-state index >= 15 is 0 Å². The largest absolute Gasteiger partial charge is 0.465 e. The zero-order valence-electron chi connectivity index (χ0n) is 12.7. The first-order valence-electron chi connectivity index (χ1n) is 7.28. The summed E-state index contributed by atoms with van der Waals surface area (Å²) in [7, 11) is 0. The molecule has 0 bridgehead atoms. The number of halogens is 3. The summed E-state index contributed by atoms with van der Waals surface area (Å²) in [6.07, 6.45) is -4.60. The highest BCUT2D eigenvalue weighted by Crippen LogP contribution is 2.39. The molecule has 0 N–H and O–H groups in total. The summed E-state index contributed by atoms with van der Waals surface area (Å²) >= 11 is 0. The van der Waals surface area contributed by atoms with E-state index < -0.39 is 17.2 Å². The van der Waals surface area contributed by atoms with Crippen LogP contribution in [0.5, 0.6) is 5.95 Å². The maximum Gasteiger partial charge on any atom is 0.417 e. The van der Waals surface area contributed by atoms with E-state index in [2.05, 4.69) is 0 Å². The Bertz CT molecular complexity index is 942. The van der Waals surface area contributed by atoms with E-state index in [1.165, 1.54) is 24.3 Å². The molecule has 0 unspecified atom stereocenters. The van der Waals surface area contributed by atoms with Crippen LogP contribution in [0.2, 0.25) is 0 Å². The lowest BCUT2D eigenvalue weighted by molar-refractivity contribution is -0.137. The van der Waals surface area contributed by atoms with E-state index in [-0.39, 0.29) is 34.6 Å². The van der Waals surface area contributed by atoms with Crippen molar-refractivity contribution in [3.05, 3.63) is 64.3 Å². The Balaban J connectivity index is 2.40. The average molecular weight is 334 g/mol. The molecule has 0 amide bonds. The zero-order valence-corrected chi connectivity index (χ0v) is 12.7. The molecule has 0 saturated carbocycles. The second kappa shape index (κ2) is 6.03. The first kappa shape index (κ1) is 16.1. The van der Waals surface area contributed by atoms with Gasteiger partial charge in [-0.25, -0.2) is 0 Å². The van der Waals surface area contributed by atoms with Crippen molar-refractivity contribution in [2.24, 2.45) is 0 Å². The number of para-hydroxylation sites is 1. The highest BCUT2D eigenvalue weighted by Gasteiger charge is 2.35. The molecular formula is C18H13F3O3. The summed E-state index contributed by atoms with van der Waals surface area (Å²) < 4.78 is 50.8. The van der Waals surface area contributed by atoms with Crippen molar-refractivity contribution in [1.29, 1.82) is 0 Å².